The largest absolute Gasteiger partial charge is 0.573 e. The number of thiazole rings is 1. The second-order valence-corrected chi connectivity index (χ2v) is 10.6. The number of hydrogen-bond donors (Lipinski definition) is 1. The Kier molecular flexibility index (Phi) is 7.87. The van der Waals surface area contributed by atoms with Gasteiger partial charge in [0.1, 0.15) is 10.8 Å². The van der Waals surface area contributed by atoms with Gasteiger partial charge in [-0.05, 0) is 68.3 Å². The normalized spacial score (nSPS) is 12.0. The lowest BCUT2D eigenvalue weighted by Gasteiger charge is -2.12. The molecule has 0 amide bonds. The summed E-state index contributed by atoms with van der Waals surface area (Å²) < 4.78 is 73.8. The minimum absolute atomic E-state index is 0.0437. The van der Waals surface area contributed by atoms with Crippen LogP contribution in [0.15, 0.2) is 41.3 Å². The number of carbonyl (C=O) groups excluding carboxylic acids is 1. The zero-order valence-electron chi connectivity index (χ0n) is 19.3. The van der Waals surface area contributed by atoms with Crippen LogP contribution in [0, 0.1) is 20.8 Å². The molecule has 0 aliphatic rings. The van der Waals surface area contributed by atoms with Crippen LogP contribution in [0.5, 0.6) is 5.75 Å². The summed E-state index contributed by atoms with van der Waals surface area (Å²) in [4.78, 5) is 17.3. The maximum absolute atomic E-state index is 12.8. The van der Waals surface area contributed by atoms with Gasteiger partial charge in [0.2, 0.25) is 10.0 Å². The third kappa shape index (κ3) is 6.59. The Hall–Kier alpha value is -2.96. The number of rotatable bonds is 8. The predicted octanol–water partition coefficient (Wildman–Crippen LogP) is 4.94. The molecule has 0 bridgehead atoms. The maximum Gasteiger partial charge on any atom is 0.573 e. The van der Waals surface area contributed by atoms with E-state index >= 15 is 0 Å². The summed E-state index contributed by atoms with van der Waals surface area (Å²) >= 11 is 1.35. The predicted molar refractivity (Wildman–Crippen MR) is 125 cm³/mol. The van der Waals surface area contributed by atoms with Gasteiger partial charge in [-0.2, -0.15) is 0 Å². The number of nitrogens with zero attached hydrogens (tertiary/aromatic N) is 1. The number of ether oxygens (including phenoxy) is 2. The van der Waals surface area contributed by atoms with Gasteiger partial charge in [-0.3, -0.25) is 0 Å². The van der Waals surface area contributed by atoms with Crippen molar-refractivity contribution in [2.75, 3.05) is 13.7 Å². The van der Waals surface area contributed by atoms with Gasteiger partial charge in [0.25, 0.3) is 0 Å². The SMILES string of the molecule is COC(=O)c1cc(S(=O)(=O)NCCc2nc(-c3ccc(OC(F)(F)F)cc3)sc2C)cc(C)c1C. The van der Waals surface area contributed by atoms with Crippen LogP contribution in [0.4, 0.5) is 13.2 Å². The van der Waals surface area contributed by atoms with E-state index in [2.05, 4.69) is 14.4 Å². The molecule has 0 fully saturated rings. The highest BCUT2D eigenvalue weighted by molar-refractivity contribution is 7.89. The molecule has 0 radical (unpaired) electrons. The third-order valence-electron chi connectivity index (χ3n) is 5.24. The summed E-state index contributed by atoms with van der Waals surface area (Å²) in [5.74, 6) is -0.947. The van der Waals surface area contributed by atoms with Crippen LogP contribution in [-0.2, 0) is 21.2 Å². The molecule has 1 N–H and O–H groups in total. The molecule has 2 aromatic carbocycles. The van der Waals surface area contributed by atoms with Crippen molar-refractivity contribution in [3.63, 3.8) is 0 Å². The highest BCUT2D eigenvalue weighted by Gasteiger charge is 2.31. The van der Waals surface area contributed by atoms with Crippen LogP contribution in [0.3, 0.4) is 0 Å². The molecule has 3 aromatic rings. The molecule has 35 heavy (non-hydrogen) atoms. The van der Waals surface area contributed by atoms with E-state index in [4.69, 9.17) is 4.74 Å². The summed E-state index contributed by atoms with van der Waals surface area (Å²) in [6, 6.07) is 8.14. The van der Waals surface area contributed by atoms with E-state index in [-0.39, 0.29) is 22.8 Å². The van der Waals surface area contributed by atoms with Crippen molar-refractivity contribution < 1.29 is 35.9 Å². The Labute approximate surface area is 205 Å². The summed E-state index contributed by atoms with van der Waals surface area (Å²) in [5.41, 5.74) is 2.74. The van der Waals surface area contributed by atoms with E-state index in [1.54, 1.807) is 13.8 Å². The Balaban J connectivity index is 1.70. The monoisotopic (exact) mass is 528 g/mol. The fourth-order valence-electron chi connectivity index (χ4n) is 3.27. The second-order valence-electron chi connectivity index (χ2n) is 7.65. The Bertz CT molecular complexity index is 1330. The first-order valence-electron chi connectivity index (χ1n) is 10.3. The number of aryl methyl sites for hydroxylation is 2. The van der Waals surface area contributed by atoms with Gasteiger partial charge < -0.3 is 9.47 Å². The Morgan fingerprint density at radius 3 is 2.37 bits per heavy atom. The molecule has 0 aliphatic carbocycles. The first kappa shape index (κ1) is 26.6. The molecule has 3 rings (SSSR count). The first-order valence-corrected chi connectivity index (χ1v) is 12.6. The number of sulfonamides is 1. The lowest BCUT2D eigenvalue weighted by Crippen LogP contribution is -2.26. The Morgan fingerprint density at radius 1 is 1.11 bits per heavy atom. The van der Waals surface area contributed by atoms with E-state index in [1.165, 1.54) is 54.8 Å². The number of carbonyl (C=O) groups is 1. The van der Waals surface area contributed by atoms with E-state index in [1.807, 2.05) is 6.92 Å². The zero-order valence-corrected chi connectivity index (χ0v) is 21.0. The fourth-order valence-corrected chi connectivity index (χ4v) is 5.38. The first-order chi connectivity index (χ1) is 16.3. The second kappa shape index (κ2) is 10.3. The third-order valence-corrected chi connectivity index (χ3v) is 7.74. The molecule has 0 aliphatic heterocycles. The molecule has 0 unspecified atom stereocenters. The number of benzene rings is 2. The van der Waals surface area contributed by atoms with Gasteiger partial charge in [0.15, 0.2) is 0 Å². The molecule has 1 aromatic heterocycles. The zero-order chi connectivity index (χ0) is 26.0. The van der Waals surface area contributed by atoms with E-state index < -0.39 is 22.4 Å². The van der Waals surface area contributed by atoms with E-state index in [0.29, 0.717) is 33.8 Å². The topological polar surface area (TPSA) is 94.6 Å². The van der Waals surface area contributed by atoms with Crippen LogP contribution in [0.1, 0.15) is 32.1 Å². The molecular formula is C23H23F3N2O5S2. The average molecular weight is 529 g/mol. The summed E-state index contributed by atoms with van der Waals surface area (Å²) in [6.07, 6.45) is -4.47. The molecule has 0 saturated carbocycles. The number of hydrogen-bond acceptors (Lipinski definition) is 7. The number of methoxy groups -OCH3 is 1. The lowest BCUT2D eigenvalue weighted by molar-refractivity contribution is -0.274. The van der Waals surface area contributed by atoms with Gasteiger partial charge in [-0.1, -0.05) is 0 Å². The highest BCUT2D eigenvalue weighted by Crippen LogP contribution is 2.30. The van der Waals surface area contributed by atoms with Crippen molar-refractivity contribution in [1.82, 2.24) is 9.71 Å². The van der Waals surface area contributed by atoms with Crippen molar-refractivity contribution in [2.24, 2.45) is 0 Å². The minimum Gasteiger partial charge on any atom is -0.465 e. The molecule has 7 nitrogen and oxygen atoms in total. The van der Waals surface area contributed by atoms with E-state index in [9.17, 15) is 26.4 Å². The molecule has 0 atom stereocenters. The highest BCUT2D eigenvalue weighted by atomic mass is 32.2. The van der Waals surface area contributed by atoms with Crippen LogP contribution >= 0.6 is 11.3 Å². The van der Waals surface area contributed by atoms with Crippen molar-refractivity contribution in [3.05, 3.63) is 63.7 Å². The molecule has 188 valence electrons. The van der Waals surface area contributed by atoms with Crippen molar-refractivity contribution >= 4 is 27.3 Å². The summed E-state index contributed by atoms with van der Waals surface area (Å²) in [7, 11) is -2.67. The number of halogens is 3. The van der Waals surface area contributed by atoms with Gasteiger partial charge in [-0.15, -0.1) is 24.5 Å². The fraction of sp³-hybridized carbons (Fsp3) is 0.304. The summed E-state index contributed by atoms with van der Waals surface area (Å²) in [5, 5.41) is 0.593. The standard InChI is InChI=1S/C23H23F3N2O5S2/c1-13-11-18(12-19(14(13)2)22(29)32-4)35(30,31)27-10-9-20-15(3)34-21(28-20)16-5-7-17(8-6-16)33-23(24,25)26/h5-8,11-12,27H,9-10H2,1-4H3. The molecule has 12 heteroatoms. The molecule has 0 spiro atoms. The average Bonchev–Trinajstić information content (AvgIpc) is 3.14. The molecule has 1 heterocycles. The quantitative estimate of drug-likeness (QED) is 0.416. The Morgan fingerprint density at radius 2 is 1.77 bits per heavy atom. The molecule has 0 saturated heterocycles. The van der Waals surface area contributed by atoms with Crippen molar-refractivity contribution in [2.45, 2.75) is 38.4 Å². The summed E-state index contributed by atoms with van der Waals surface area (Å²) in [6.45, 7) is 5.32. The minimum atomic E-state index is -4.77. The maximum atomic E-state index is 12.8. The van der Waals surface area contributed by atoms with Crippen LogP contribution in [-0.4, -0.2) is 39.4 Å². The van der Waals surface area contributed by atoms with Crippen molar-refractivity contribution in [1.29, 1.82) is 0 Å². The van der Waals surface area contributed by atoms with E-state index in [0.717, 1.165) is 4.88 Å². The van der Waals surface area contributed by atoms with Crippen LogP contribution < -0.4 is 9.46 Å². The van der Waals surface area contributed by atoms with Gasteiger partial charge in [0.05, 0.1) is 23.3 Å². The number of aromatic nitrogens is 1. The van der Waals surface area contributed by atoms with Gasteiger partial charge in [-0.25, -0.2) is 22.9 Å². The number of alkyl halides is 3. The van der Waals surface area contributed by atoms with Crippen molar-refractivity contribution in [3.8, 4) is 16.3 Å². The van der Waals surface area contributed by atoms with Gasteiger partial charge >= 0.3 is 12.3 Å². The lowest BCUT2D eigenvalue weighted by atomic mass is 10.0. The number of esters is 1. The van der Waals surface area contributed by atoms with Crippen LogP contribution in [0.2, 0.25) is 0 Å². The molecular weight excluding hydrogens is 505 g/mol. The van der Waals surface area contributed by atoms with Crippen LogP contribution in [0.25, 0.3) is 10.6 Å². The van der Waals surface area contributed by atoms with Gasteiger partial charge in [0, 0.05) is 23.4 Å². The number of nitrogens with one attached hydrogen (secondary N) is 1. The smallest absolute Gasteiger partial charge is 0.465 e.